The minimum Gasteiger partial charge on any atom is -0.377 e. The number of hydrogen-bond acceptors (Lipinski definition) is 2. The Balaban J connectivity index is 1.77. The van der Waals surface area contributed by atoms with Crippen LogP contribution in [0.5, 0.6) is 0 Å². The maximum absolute atomic E-state index is 12.3. The van der Waals surface area contributed by atoms with Crippen LogP contribution in [-0.4, -0.2) is 30.1 Å². The zero-order valence-electron chi connectivity index (χ0n) is 13.1. The van der Waals surface area contributed by atoms with Gasteiger partial charge in [-0.25, -0.2) is 0 Å². The maximum atomic E-state index is 12.3. The van der Waals surface area contributed by atoms with E-state index in [-0.39, 0.29) is 23.8 Å². The summed E-state index contributed by atoms with van der Waals surface area (Å²) in [5.74, 6) is 0.768. The van der Waals surface area contributed by atoms with Crippen LogP contribution in [0.25, 0.3) is 10.9 Å². The van der Waals surface area contributed by atoms with Gasteiger partial charge in [0.05, 0.1) is 18.6 Å². The largest absolute Gasteiger partial charge is 0.377 e. The lowest BCUT2D eigenvalue weighted by Crippen LogP contribution is -2.52. The lowest BCUT2D eigenvalue weighted by atomic mass is 9.71. The highest BCUT2D eigenvalue weighted by molar-refractivity contribution is 5.85. The Kier molecular flexibility index (Phi) is 3.22. The van der Waals surface area contributed by atoms with Gasteiger partial charge in [-0.05, 0) is 37.8 Å². The molecule has 0 unspecified atom stereocenters. The van der Waals surface area contributed by atoms with Crippen LogP contribution in [0.2, 0.25) is 0 Å². The number of benzene rings is 1. The first kappa shape index (κ1) is 13.8. The molecule has 4 rings (SSSR count). The fraction of sp³-hybridized carbons (Fsp3) is 0.500. The SMILES string of the molecule is Cc1c([C@@H]2CO[C@H](C)[C@@H]3C(=O)NCC[C@@H]32)[nH]c2ccccc12. The normalized spacial score (nSPS) is 31.8. The number of amides is 1. The molecule has 22 heavy (non-hydrogen) atoms. The Morgan fingerprint density at radius 3 is 2.91 bits per heavy atom. The molecule has 1 amide bonds. The van der Waals surface area contributed by atoms with Crippen LogP contribution in [0.1, 0.15) is 30.5 Å². The number of nitrogens with one attached hydrogen (secondary N) is 2. The monoisotopic (exact) mass is 298 g/mol. The zero-order chi connectivity index (χ0) is 15.3. The van der Waals surface area contributed by atoms with Crippen molar-refractivity contribution in [2.75, 3.05) is 13.2 Å². The molecule has 0 radical (unpaired) electrons. The summed E-state index contributed by atoms with van der Waals surface area (Å²) in [5, 5.41) is 4.27. The fourth-order valence-corrected chi connectivity index (χ4v) is 4.32. The Morgan fingerprint density at radius 2 is 2.09 bits per heavy atom. The molecule has 2 saturated heterocycles. The number of para-hydroxylation sites is 1. The average molecular weight is 298 g/mol. The van der Waals surface area contributed by atoms with Gasteiger partial charge >= 0.3 is 0 Å². The first-order chi connectivity index (χ1) is 10.7. The van der Waals surface area contributed by atoms with Crippen molar-refractivity contribution in [2.24, 2.45) is 11.8 Å². The van der Waals surface area contributed by atoms with Gasteiger partial charge in [0.2, 0.25) is 5.91 Å². The summed E-state index contributed by atoms with van der Waals surface area (Å²) in [6, 6.07) is 8.40. The van der Waals surface area contributed by atoms with Gasteiger partial charge in [-0.1, -0.05) is 18.2 Å². The zero-order valence-corrected chi connectivity index (χ0v) is 13.1. The molecule has 0 aliphatic carbocycles. The number of aromatic nitrogens is 1. The highest BCUT2D eigenvalue weighted by atomic mass is 16.5. The van der Waals surface area contributed by atoms with Crippen molar-refractivity contribution in [3.63, 3.8) is 0 Å². The Labute approximate surface area is 130 Å². The Morgan fingerprint density at radius 1 is 1.27 bits per heavy atom. The second kappa shape index (κ2) is 5.13. The lowest BCUT2D eigenvalue weighted by molar-refractivity contribution is -0.144. The topological polar surface area (TPSA) is 54.1 Å². The third-order valence-electron chi connectivity index (χ3n) is 5.48. The quantitative estimate of drug-likeness (QED) is 0.850. The summed E-state index contributed by atoms with van der Waals surface area (Å²) in [7, 11) is 0. The van der Waals surface area contributed by atoms with Crippen LogP contribution in [0, 0.1) is 18.8 Å². The summed E-state index contributed by atoms with van der Waals surface area (Å²) in [5.41, 5.74) is 3.71. The number of ether oxygens (including phenoxy) is 1. The number of piperidine rings is 1. The van der Waals surface area contributed by atoms with Crippen molar-refractivity contribution in [2.45, 2.75) is 32.3 Å². The van der Waals surface area contributed by atoms with E-state index < -0.39 is 0 Å². The molecule has 2 aliphatic rings. The summed E-state index contributed by atoms with van der Waals surface area (Å²) in [4.78, 5) is 15.9. The van der Waals surface area contributed by atoms with E-state index in [0.29, 0.717) is 12.5 Å². The predicted molar refractivity (Wildman–Crippen MR) is 85.8 cm³/mol. The van der Waals surface area contributed by atoms with E-state index >= 15 is 0 Å². The minimum atomic E-state index is -0.0293. The van der Waals surface area contributed by atoms with Gasteiger partial charge < -0.3 is 15.0 Å². The number of carbonyl (C=O) groups is 1. The maximum Gasteiger partial charge on any atom is 0.226 e. The van der Waals surface area contributed by atoms with Crippen LogP contribution in [-0.2, 0) is 9.53 Å². The smallest absolute Gasteiger partial charge is 0.226 e. The number of H-pyrrole nitrogens is 1. The van der Waals surface area contributed by atoms with Crippen molar-refractivity contribution in [3.8, 4) is 0 Å². The third-order valence-corrected chi connectivity index (χ3v) is 5.48. The average Bonchev–Trinajstić information content (AvgIpc) is 2.85. The molecule has 4 atom stereocenters. The lowest BCUT2D eigenvalue weighted by Gasteiger charge is -2.43. The first-order valence-corrected chi connectivity index (χ1v) is 8.13. The van der Waals surface area contributed by atoms with Crippen LogP contribution in [0.15, 0.2) is 24.3 Å². The highest BCUT2D eigenvalue weighted by Gasteiger charge is 2.45. The Bertz CT molecular complexity index is 721. The molecule has 0 bridgehead atoms. The molecule has 0 saturated carbocycles. The number of hydrogen-bond donors (Lipinski definition) is 2. The van der Waals surface area contributed by atoms with Gasteiger partial charge in [-0.2, -0.15) is 0 Å². The van der Waals surface area contributed by atoms with E-state index in [0.717, 1.165) is 13.0 Å². The van der Waals surface area contributed by atoms with E-state index in [1.807, 2.05) is 6.92 Å². The molecule has 2 N–H and O–H groups in total. The number of rotatable bonds is 1. The van der Waals surface area contributed by atoms with Gasteiger partial charge in [-0.3, -0.25) is 4.79 Å². The van der Waals surface area contributed by atoms with Crippen LogP contribution in [0.3, 0.4) is 0 Å². The van der Waals surface area contributed by atoms with Crippen molar-refractivity contribution in [3.05, 3.63) is 35.5 Å². The number of fused-ring (bicyclic) bond motifs is 2. The van der Waals surface area contributed by atoms with Crippen LogP contribution in [0.4, 0.5) is 0 Å². The van der Waals surface area contributed by atoms with Gasteiger partial charge in [0.1, 0.15) is 0 Å². The van der Waals surface area contributed by atoms with E-state index in [9.17, 15) is 4.79 Å². The van der Waals surface area contributed by atoms with Crippen LogP contribution < -0.4 is 5.32 Å². The number of aryl methyl sites for hydroxylation is 1. The standard InChI is InChI=1S/C18H22N2O2/c1-10-12-5-3-4-6-15(12)20-17(10)14-9-22-11(2)16-13(14)7-8-19-18(16)21/h3-6,11,13-14,16,20H,7-9H2,1-2H3,(H,19,21)/t11-,13-,14-,16+/m1/s1. The van der Waals surface area contributed by atoms with Gasteiger partial charge in [0.15, 0.2) is 0 Å². The summed E-state index contributed by atoms with van der Waals surface area (Å²) in [6.07, 6.45) is 1.04. The second-order valence-corrected chi connectivity index (χ2v) is 6.62. The third kappa shape index (κ3) is 1.97. The van der Waals surface area contributed by atoms with Crippen molar-refractivity contribution in [1.82, 2.24) is 10.3 Å². The van der Waals surface area contributed by atoms with Gasteiger partial charge in [0, 0.05) is 29.1 Å². The minimum absolute atomic E-state index is 0.00577. The summed E-state index contributed by atoms with van der Waals surface area (Å²) >= 11 is 0. The van der Waals surface area contributed by atoms with E-state index in [1.54, 1.807) is 0 Å². The molecule has 0 spiro atoms. The Hall–Kier alpha value is -1.81. The molecule has 2 fully saturated rings. The van der Waals surface area contributed by atoms with Crippen molar-refractivity contribution in [1.29, 1.82) is 0 Å². The van der Waals surface area contributed by atoms with Gasteiger partial charge in [-0.15, -0.1) is 0 Å². The highest BCUT2D eigenvalue weighted by Crippen LogP contribution is 2.43. The van der Waals surface area contributed by atoms with Crippen LogP contribution >= 0.6 is 0 Å². The van der Waals surface area contributed by atoms with E-state index in [2.05, 4.69) is 41.5 Å². The second-order valence-electron chi connectivity index (χ2n) is 6.62. The molecular weight excluding hydrogens is 276 g/mol. The predicted octanol–water partition coefficient (Wildman–Crippen LogP) is 2.73. The fourth-order valence-electron chi connectivity index (χ4n) is 4.32. The molecule has 4 nitrogen and oxygen atoms in total. The van der Waals surface area contributed by atoms with Crippen molar-refractivity contribution >= 4 is 16.8 Å². The molecule has 2 aromatic rings. The molecule has 2 aliphatic heterocycles. The molecule has 4 heteroatoms. The summed E-state index contributed by atoms with van der Waals surface area (Å²) in [6.45, 7) is 5.67. The summed E-state index contributed by atoms with van der Waals surface area (Å²) < 4.78 is 5.95. The molecular formula is C18H22N2O2. The van der Waals surface area contributed by atoms with E-state index in [4.69, 9.17) is 4.74 Å². The van der Waals surface area contributed by atoms with Gasteiger partial charge in [0.25, 0.3) is 0 Å². The molecule has 1 aromatic heterocycles. The molecule has 1 aromatic carbocycles. The number of carbonyl (C=O) groups excluding carboxylic acids is 1. The molecule has 116 valence electrons. The van der Waals surface area contributed by atoms with Crippen molar-refractivity contribution < 1.29 is 9.53 Å². The first-order valence-electron chi connectivity index (χ1n) is 8.13. The van der Waals surface area contributed by atoms with E-state index in [1.165, 1.54) is 22.2 Å². The molecule has 3 heterocycles. The number of aromatic amines is 1.